The average Bonchev–Trinajstić information content (AvgIpc) is 2.82. The summed E-state index contributed by atoms with van der Waals surface area (Å²) in [6.07, 6.45) is 4.07. The third kappa shape index (κ3) is 7.19. The molecule has 0 spiro atoms. The molecule has 2 aliphatic rings. The van der Waals surface area contributed by atoms with E-state index in [-0.39, 0.29) is 29.9 Å². The highest BCUT2D eigenvalue weighted by Crippen LogP contribution is 2.36. The quantitative estimate of drug-likeness (QED) is 0.258. The monoisotopic (exact) mass is 498 g/mol. The maximum Gasteiger partial charge on any atom is 0.223 e. The number of rotatable bonds is 13. The lowest BCUT2D eigenvalue weighted by molar-refractivity contribution is -0.137. The van der Waals surface area contributed by atoms with E-state index in [1.807, 2.05) is 0 Å². The Balaban J connectivity index is 1.45. The first kappa shape index (κ1) is 27.4. The summed E-state index contributed by atoms with van der Waals surface area (Å²) in [4.78, 5) is 24.8. The summed E-state index contributed by atoms with van der Waals surface area (Å²) in [5.41, 5.74) is -1.85. The van der Waals surface area contributed by atoms with E-state index in [0.717, 1.165) is 50.9 Å². The molecule has 0 atom stereocenters. The molecule has 1 aromatic carbocycles. The SMILES string of the molecule is O=C(Cc1c(F)cc(OCCCC2CCNCC2)cc1F)C1CC(C(=O)NC(CO)(CO)CO)C1. The summed E-state index contributed by atoms with van der Waals surface area (Å²) in [6.45, 7) is 0.492. The minimum atomic E-state index is -1.53. The van der Waals surface area contributed by atoms with Gasteiger partial charge >= 0.3 is 0 Å². The molecule has 0 aromatic heterocycles. The van der Waals surface area contributed by atoms with Gasteiger partial charge in [-0.15, -0.1) is 0 Å². The summed E-state index contributed by atoms with van der Waals surface area (Å²) in [6, 6.07) is 2.21. The highest BCUT2D eigenvalue weighted by atomic mass is 19.1. The van der Waals surface area contributed by atoms with Gasteiger partial charge in [-0.05, 0) is 57.5 Å². The van der Waals surface area contributed by atoms with Crippen molar-refractivity contribution in [1.82, 2.24) is 10.6 Å². The second kappa shape index (κ2) is 12.7. The van der Waals surface area contributed by atoms with Crippen LogP contribution in [-0.4, -0.2) is 72.1 Å². The molecule has 1 aliphatic carbocycles. The zero-order valence-electron chi connectivity index (χ0n) is 19.9. The lowest BCUT2D eigenvalue weighted by Crippen LogP contribution is -2.59. The second-order valence-electron chi connectivity index (χ2n) is 9.80. The standard InChI is InChI=1S/C25H36F2N2O6/c26-21-10-19(35-7-1-2-16-3-5-28-6-4-16)11-22(27)20(21)12-23(33)17-8-18(9-17)24(34)29-25(13-30,14-31)15-32/h10-11,16-18,28,30-32H,1-9,12-15H2,(H,29,34). The summed E-state index contributed by atoms with van der Waals surface area (Å²) in [5, 5.41) is 33.7. The number of aliphatic hydroxyl groups is 3. The first-order valence-electron chi connectivity index (χ1n) is 12.3. The first-order chi connectivity index (χ1) is 16.8. The summed E-state index contributed by atoms with van der Waals surface area (Å²) in [7, 11) is 0. The van der Waals surface area contributed by atoms with Crippen LogP contribution in [0.25, 0.3) is 0 Å². The van der Waals surface area contributed by atoms with Crippen molar-refractivity contribution < 1.29 is 38.4 Å². The van der Waals surface area contributed by atoms with Crippen molar-refractivity contribution in [3.05, 3.63) is 29.3 Å². The molecule has 2 fully saturated rings. The second-order valence-corrected chi connectivity index (χ2v) is 9.80. The predicted molar refractivity (Wildman–Crippen MR) is 124 cm³/mol. The van der Waals surface area contributed by atoms with Gasteiger partial charge in [0.2, 0.25) is 5.91 Å². The zero-order chi connectivity index (χ0) is 25.4. The van der Waals surface area contributed by atoms with Gasteiger partial charge in [-0.25, -0.2) is 8.78 Å². The van der Waals surface area contributed by atoms with E-state index >= 15 is 0 Å². The number of nitrogens with one attached hydrogen (secondary N) is 2. The van der Waals surface area contributed by atoms with E-state index in [0.29, 0.717) is 12.5 Å². The minimum Gasteiger partial charge on any atom is -0.493 e. The molecule has 0 radical (unpaired) electrons. The molecule has 0 bridgehead atoms. The number of aliphatic hydroxyl groups excluding tert-OH is 3. The van der Waals surface area contributed by atoms with Gasteiger partial charge in [0.05, 0.1) is 26.4 Å². The third-order valence-electron chi connectivity index (χ3n) is 7.21. The van der Waals surface area contributed by atoms with Crippen LogP contribution < -0.4 is 15.4 Å². The van der Waals surface area contributed by atoms with Crippen molar-refractivity contribution in [1.29, 1.82) is 0 Å². The van der Waals surface area contributed by atoms with Gasteiger partial charge in [0.1, 0.15) is 28.7 Å². The molecule has 1 heterocycles. The van der Waals surface area contributed by atoms with E-state index in [2.05, 4.69) is 10.6 Å². The highest BCUT2D eigenvalue weighted by Gasteiger charge is 2.41. The molecule has 10 heteroatoms. The maximum atomic E-state index is 14.5. The van der Waals surface area contributed by atoms with Gasteiger partial charge in [0.25, 0.3) is 0 Å². The molecule has 8 nitrogen and oxygen atoms in total. The Kier molecular flexibility index (Phi) is 9.97. The predicted octanol–water partition coefficient (Wildman–Crippen LogP) is 1.09. The van der Waals surface area contributed by atoms with E-state index in [4.69, 9.17) is 4.74 Å². The Morgan fingerprint density at radius 3 is 2.20 bits per heavy atom. The molecule has 3 rings (SSSR count). The fourth-order valence-corrected chi connectivity index (χ4v) is 4.61. The van der Waals surface area contributed by atoms with Crippen molar-refractivity contribution in [3.63, 3.8) is 0 Å². The van der Waals surface area contributed by atoms with Crippen molar-refractivity contribution in [3.8, 4) is 5.75 Å². The molecule has 1 saturated heterocycles. The normalized spacial score (nSPS) is 20.8. The number of carbonyl (C=O) groups excluding carboxylic acids is 2. The Hall–Kier alpha value is -2.14. The smallest absolute Gasteiger partial charge is 0.223 e. The number of carbonyl (C=O) groups is 2. The molecule has 35 heavy (non-hydrogen) atoms. The van der Waals surface area contributed by atoms with E-state index < -0.39 is 61.2 Å². The number of ketones is 1. The van der Waals surface area contributed by atoms with Crippen LogP contribution in [0.2, 0.25) is 0 Å². The lowest BCUT2D eigenvalue weighted by atomic mass is 9.71. The number of Topliss-reactive ketones (excluding diaryl/α,β-unsaturated/α-hetero) is 1. The van der Waals surface area contributed by atoms with Crippen LogP contribution >= 0.6 is 0 Å². The Morgan fingerprint density at radius 2 is 1.63 bits per heavy atom. The Labute approximate surface area is 204 Å². The Morgan fingerprint density at radius 1 is 1.03 bits per heavy atom. The van der Waals surface area contributed by atoms with Crippen molar-refractivity contribution >= 4 is 11.7 Å². The van der Waals surface area contributed by atoms with Gasteiger partial charge in [-0.2, -0.15) is 0 Å². The van der Waals surface area contributed by atoms with E-state index in [1.54, 1.807) is 0 Å². The molecule has 1 aromatic rings. The van der Waals surface area contributed by atoms with Crippen LogP contribution in [-0.2, 0) is 16.0 Å². The van der Waals surface area contributed by atoms with E-state index in [9.17, 15) is 33.7 Å². The summed E-state index contributed by atoms with van der Waals surface area (Å²) < 4.78 is 34.6. The molecular weight excluding hydrogens is 462 g/mol. The topological polar surface area (TPSA) is 128 Å². The number of amides is 1. The first-order valence-corrected chi connectivity index (χ1v) is 12.3. The van der Waals surface area contributed by atoms with Crippen molar-refractivity contribution in [2.75, 3.05) is 39.5 Å². The van der Waals surface area contributed by atoms with Gasteiger partial charge < -0.3 is 30.7 Å². The largest absolute Gasteiger partial charge is 0.493 e. The molecule has 0 unspecified atom stereocenters. The number of piperidine rings is 1. The van der Waals surface area contributed by atoms with Crippen molar-refractivity contribution in [2.45, 2.75) is 50.5 Å². The lowest BCUT2D eigenvalue weighted by Gasteiger charge is -2.37. The highest BCUT2D eigenvalue weighted by molar-refractivity contribution is 5.88. The summed E-state index contributed by atoms with van der Waals surface area (Å²) >= 11 is 0. The third-order valence-corrected chi connectivity index (χ3v) is 7.21. The van der Waals surface area contributed by atoms with Gasteiger partial charge in [-0.1, -0.05) is 0 Å². The van der Waals surface area contributed by atoms with Gasteiger partial charge in [-0.3, -0.25) is 9.59 Å². The maximum absolute atomic E-state index is 14.5. The average molecular weight is 499 g/mol. The fourth-order valence-electron chi connectivity index (χ4n) is 4.61. The van der Waals surface area contributed by atoms with Crippen molar-refractivity contribution in [2.24, 2.45) is 17.8 Å². The fraction of sp³-hybridized carbons (Fsp3) is 0.680. The van der Waals surface area contributed by atoms with Crippen LogP contribution in [0.4, 0.5) is 8.78 Å². The number of halogens is 2. The van der Waals surface area contributed by atoms with Crippen LogP contribution in [0.3, 0.4) is 0 Å². The number of hydrogen-bond acceptors (Lipinski definition) is 7. The number of benzene rings is 1. The minimum absolute atomic E-state index is 0.0991. The molecule has 1 amide bonds. The molecule has 5 N–H and O–H groups in total. The summed E-state index contributed by atoms with van der Waals surface area (Å²) in [5.74, 6) is -2.82. The van der Waals surface area contributed by atoms with Gasteiger partial charge in [0, 0.05) is 36.0 Å². The number of ether oxygens (including phenoxy) is 1. The molecule has 1 saturated carbocycles. The van der Waals surface area contributed by atoms with Crippen LogP contribution in [0.5, 0.6) is 5.75 Å². The Bertz CT molecular complexity index is 836. The van der Waals surface area contributed by atoms with Crippen LogP contribution in [0.1, 0.15) is 44.1 Å². The zero-order valence-corrected chi connectivity index (χ0v) is 19.9. The molecule has 1 aliphatic heterocycles. The molecule has 196 valence electrons. The molecular formula is C25H36F2N2O6. The van der Waals surface area contributed by atoms with E-state index in [1.165, 1.54) is 0 Å². The van der Waals surface area contributed by atoms with Gasteiger partial charge in [0.15, 0.2) is 0 Å². The number of hydrogen-bond donors (Lipinski definition) is 5. The van der Waals surface area contributed by atoms with Crippen LogP contribution in [0, 0.1) is 29.4 Å². The van der Waals surface area contributed by atoms with Crippen LogP contribution in [0.15, 0.2) is 12.1 Å².